The Morgan fingerprint density at radius 1 is 1.33 bits per heavy atom. The highest BCUT2D eigenvalue weighted by atomic mass is 32.2. The lowest BCUT2D eigenvalue weighted by atomic mass is 10.2. The Balaban J connectivity index is 2.10. The second-order valence-corrected chi connectivity index (χ2v) is 6.00. The lowest BCUT2D eigenvalue weighted by molar-refractivity contribution is -0.139. The van der Waals surface area contributed by atoms with E-state index in [-0.39, 0.29) is 5.91 Å². The summed E-state index contributed by atoms with van der Waals surface area (Å²) < 4.78 is 0. The number of thioether (sulfide) groups is 1. The van der Waals surface area contributed by atoms with E-state index in [0.29, 0.717) is 37.6 Å². The fraction of sp³-hybridized carbons (Fsp3) is 0.769. The van der Waals surface area contributed by atoms with Crippen molar-refractivity contribution in [3.8, 4) is 0 Å². The van der Waals surface area contributed by atoms with Crippen molar-refractivity contribution in [3.63, 3.8) is 0 Å². The molecule has 0 aromatic rings. The number of aliphatic carboxylic acids is 1. The van der Waals surface area contributed by atoms with Gasteiger partial charge in [-0.1, -0.05) is 0 Å². The number of hydrogen-bond donors (Lipinski definition) is 4. The number of amides is 3. The van der Waals surface area contributed by atoms with Gasteiger partial charge in [0.15, 0.2) is 0 Å². The molecular weight excluding hydrogens is 294 g/mol. The second kappa shape index (κ2) is 9.49. The van der Waals surface area contributed by atoms with Crippen LogP contribution in [0.4, 0.5) is 4.79 Å². The van der Waals surface area contributed by atoms with E-state index in [1.54, 1.807) is 0 Å². The molecule has 0 aromatic carbocycles. The van der Waals surface area contributed by atoms with Crippen molar-refractivity contribution in [2.75, 3.05) is 18.6 Å². The van der Waals surface area contributed by atoms with Crippen LogP contribution in [0.3, 0.4) is 0 Å². The predicted octanol–water partition coefficient (Wildman–Crippen LogP) is 0.551. The summed E-state index contributed by atoms with van der Waals surface area (Å²) in [5.74, 6) is -0.371. The Hall–Kier alpha value is -1.44. The van der Waals surface area contributed by atoms with Gasteiger partial charge in [0.2, 0.25) is 5.91 Å². The largest absolute Gasteiger partial charge is 0.480 e. The number of hydrogen-bond acceptors (Lipinski definition) is 4. The first-order valence-electron chi connectivity index (χ1n) is 7.08. The summed E-state index contributed by atoms with van der Waals surface area (Å²) in [6.45, 7) is 0.346. The molecule has 120 valence electrons. The highest BCUT2D eigenvalue weighted by Crippen LogP contribution is 2.18. The Morgan fingerprint density at radius 2 is 2.05 bits per heavy atom. The molecule has 1 aliphatic rings. The molecule has 0 spiro atoms. The van der Waals surface area contributed by atoms with Crippen molar-refractivity contribution in [1.82, 2.24) is 16.0 Å². The molecule has 1 atom stereocenters. The number of urea groups is 1. The zero-order chi connectivity index (χ0) is 15.7. The summed E-state index contributed by atoms with van der Waals surface area (Å²) >= 11 is 1.53. The number of nitrogens with one attached hydrogen (secondary N) is 3. The van der Waals surface area contributed by atoms with Crippen LogP contribution < -0.4 is 16.0 Å². The first-order chi connectivity index (χ1) is 10.0. The van der Waals surface area contributed by atoms with Crippen LogP contribution in [0, 0.1) is 0 Å². The normalized spacial score (nSPS) is 15.1. The van der Waals surface area contributed by atoms with E-state index in [0.717, 1.165) is 12.8 Å². The van der Waals surface area contributed by atoms with Gasteiger partial charge in [0.1, 0.15) is 6.04 Å². The van der Waals surface area contributed by atoms with Crippen LogP contribution in [-0.2, 0) is 9.59 Å². The minimum atomic E-state index is -1.04. The van der Waals surface area contributed by atoms with E-state index in [1.165, 1.54) is 11.8 Å². The Kier molecular flexibility index (Phi) is 7.96. The van der Waals surface area contributed by atoms with E-state index in [4.69, 9.17) is 5.11 Å². The third-order valence-electron chi connectivity index (χ3n) is 3.02. The molecule has 3 amide bonds. The van der Waals surface area contributed by atoms with Gasteiger partial charge in [-0.15, -0.1) is 0 Å². The molecule has 0 unspecified atom stereocenters. The number of carboxylic acids is 1. The zero-order valence-corrected chi connectivity index (χ0v) is 13.0. The summed E-state index contributed by atoms with van der Waals surface area (Å²) in [5.41, 5.74) is 0. The van der Waals surface area contributed by atoms with Crippen molar-refractivity contribution in [3.05, 3.63) is 0 Å². The summed E-state index contributed by atoms with van der Waals surface area (Å²) in [6, 6.07) is -1.04. The summed E-state index contributed by atoms with van der Waals surface area (Å²) in [4.78, 5) is 33.9. The number of carbonyl (C=O) groups is 3. The monoisotopic (exact) mass is 317 g/mol. The summed E-state index contributed by atoms with van der Waals surface area (Å²) in [6.07, 6.45) is 5.28. The third-order valence-corrected chi connectivity index (χ3v) is 3.67. The molecular formula is C13H23N3O4S. The number of carboxylic acid groups (broad SMARTS) is 1. The van der Waals surface area contributed by atoms with Gasteiger partial charge in [-0.25, -0.2) is 9.59 Å². The lowest BCUT2D eigenvalue weighted by Crippen LogP contribution is -2.46. The first kappa shape index (κ1) is 17.6. The minimum Gasteiger partial charge on any atom is -0.480 e. The quantitative estimate of drug-likeness (QED) is 0.440. The molecule has 21 heavy (non-hydrogen) atoms. The fourth-order valence-electron chi connectivity index (χ4n) is 1.68. The van der Waals surface area contributed by atoms with Crippen LogP contribution in [0.2, 0.25) is 0 Å². The molecule has 0 aromatic heterocycles. The van der Waals surface area contributed by atoms with Crippen molar-refractivity contribution in [2.24, 2.45) is 0 Å². The maximum atomic E-state index is 11.6. The molecule has 0 bridgehead atoms. The molecule has 7 nitrogen and oxygen atoms in total. The fourth-order valence-corrected chi connectivity index (χ4v) is 2.15. The van der Waals surface area contributed by atoms with E-state index in [9.17, 15) is 14.4 Å². The van der Waals surface area contributed by atoms with Gasteiger partial charge >= 0.3 is 12.0 Å². The smallest absolute Gasteiger partial charge is 0.326 e. The molecule has 4 N–H and O–H groups in total. The molecule has 0 heterocycles. The van der Waals surface area contributed by atoms with Crippen molar-refractivity contribution in [1.29, 1.82) is 0 Å². The maximum absolute atomic E-state index is 11.6. The number of carbonyl (C=O) groups excluding carboxylic acids is 2. The van der Waals surface area contributed by atoms with Crippen molar-refractivity contribution in [2.45, 2.75) is 44.2 Å². The topological polar surface area (TPSA) is 108 Å². The molecule has 0 radical (unpaired) electrons. The van der Waals surface area contributed by atoms with Gasteiger partial charge in [0, 0.05) is 19.0 Å². The molecule has 1 fully saturated rings. The molecule has 0 saturated heterocycles. The van der Waals surface area contributed by atoms with E-state index < -0.39 is 18.0 Å². The number of rotatable bonds is 10. The van der Waals surface area contributed by atoms with E-state index >= 15 is 0 Å². The zero-order valence-electron chi connectivity index (χ0n) is 12.2. The maximum Gasteiger partial charge on any atom is 0.326 e. The second-order valence-electron chi connectivity index (χ2n) is 5.02. The average Bonchev–Trinajstić information content (AvgIpc) is 3.23. The van der Waals surface area contributed by atoms with Crippen LogP contribution in [-0.4, -0.2) is 53.7 Å². The van der Waals surface area contributed by atoms with Crippen molar-refractivity contribution < 1.29 is 19.5 Å². The SMILES string of the molecule is CSCC[C@H](NC(=O)NCCCC(=O)NC1CC1)C(=O)O. The van der Waals surface area contributed by atoms with Crippen molar-refractivity contribution >= 4 is 29.7 Å². The summed E-state index contributed by atoms with van der Waals surface area (Å²) in [7, 11) is 0. The van der Waals surface area contributed by atoms with Gasteiger partial charge in [0.05, 0.1) is 0 Å². The van der Waals surface area contributed by atoms with Crippen LogP contribution in [0.15, 0.2) is 0 Å². The molecule has 1 rings (SSSR count). The molecule has 1 aliphatic carbocycles. The van der Waals surface area contributed by atoms with Crippen LogP contribution in [0.25, 0.3) is 0 Å². The highest BCUT2D eigenvalue weighted by molar-refractivity contribution is 7.98. The van der Waals surface area contributed by atoms with Gasteiger partial charge < -0.3 is 21.1 Å². The Bertz CT molecular complexity index is 374. The molecule has 0 aliphatic heterocycles. The van der Waals surface area contributed by atoms with E-state index in [1.807, 2.05) is 6.26 Å². The van der Waals surface area contributed by atoms with Gasteiger partial charge in [-0.2, -0.15) is 11.8 Å². The minimum absolute atomic E-state index is 0.00286. The molecule has 1 saturated carbocycles. The average molecular weight is 317 g/mol. The van der Waals surface area contributed by atoms with Crippen LogP contribution in [0.1, 0.15) is 32.1 Å². The van der Waals surface area contributed by atoms with Gasteiger partial charge in [-0.05, 0) is 37.7 Å². The Labute approximate surface area is 128 Å². The third kappa shape index (κ3) is 8.44. The summed E-state index contributed by atoms with van der Waals surface area (Å²) in [5, 5.41) is 16.8. The first-order valence-corrected chi connectivity index (χ1v) is 8.47. The van der Waals surface area contributed by atoms with Gasteiger partial charge in [-0.3, -0.25) is 4.79 Å². The standard InChI is InChI=1S/C13H23N3O4S/c1-21-8-6-10(12(18)19)16-13(20)14-7-2-3-11(17)15-9-4-5-9/h9-10H,2-8H2,1H3,(H,15,17)(H,18,19)(H2,14,16,20)/t10-/m0/s1. The van der Waals surface area contributed by atoms with Crippen LogP contribution >= 0.6 is 11.8 Å². The Morgan fingerprint density at radius 3 is 2.62 bits per heavy atom. The van der Waals surface area contributed by atoms with E-state index in [2.05, 4.69) is 16.0 Å². The predicted molar refractivity (Wildman–Crippen MR) is 81.4 cm³/mol. The lowest BCUT2D eigenvalue weighted by Gasteiger charge is -2.14. The van der Waals surface area contributed by atoms with Crippen LogP contribution in [0.5, 0.6) is 0 Å². The highest BCUT2D eigenvalue weighted by Gasteiger charge is 2.23. The van der Waals surface area contributed by atoms with Gasteiger partial charge in [0.25, 0.3) is 0 Å². The molecule has 8 heteroatoms.